The fraction of sp³-hybridized carbons (Fsp3) is 0.143. The molecule has 0 atom stereocenters. The molecule has 2 aromatic rings. The molecule has 1 fully saturated rings. The van der Waals surface area contributed by atoms with E-state index in [-0.39, 0.29) is 17.8 Å². The molecule has 0 N–H and O–H groups in total. The molecule has 0 aromatic heterocycles. The zero-order chi connectivity index (χ0) is 19.2. The van der Waals surface area contributed by atoms with Gasteiger partial charge in [0.15, 0.2) is 0 Å². The average Bonchev–Trinajstić information content (AvgIpc) is 2.93. The molecule has 0 aliphatic carbocycles. The molecular weight excluding hydrogens is 382 g/mol. The normalized spacial score (nSPS) is 15.3. The Kier molecular flexibility index (Phi) is 6.23. The van der Waals surface area contributed by atoms with E-state index in [2.05, 4.69) is 5.92 Å². The zero-order valence-electron chi connectivity index (χ0n) is 14.4. The molecule has 1 aliphatic rings. The summed E-state index contributed by atoms with van der Waals surface area (Å²) in [6.45, 7) is 0.477. The number of carbonyl (C=O) groups is 2. The van der Waals surface area contributed by atoms with E-state index >= 15 is 0 Å². The van der Waals surface area contributed by atoms with Crippen molar-refractivity contribution in [2.75, 3.05) is 13.2 Å². The van der Waals surface area contributed by atoms with Crippen molar-refractivity contribution in [1.29, 1.82) is 0 Å². The van der Waals surface area contributed by atoms with Crippen molar-refractivity contribution in [2.45, 2.75) is 6.42 Å². The molecule has 0 spiro atoms. The van der Waals surface area contributed by atoms with Gasteiger partial charge in [0.05, 0.1) is 9.93 Å². The lowest BCUT2D eigenvalue weighted by Crippen LogP contribution is -2.30. The first-order valence-corrected chi connectivity index (χ1v) is 9.43. The summed E-state index contributed by atoms with van der Waals surface area (Å²) in [6.07, 6.45) is 7.45. The summed E-state index contributed by atoms with van der Waals surface area (Å²) in [5.74, 6) is 2.56. The van der Waals surface area contributed by atoms with Crippen molar-refractivity contribution < 1.29 is 14.3 Å². The predicted molar refractivity (Wildman–Crippen MR) is 109 cm³/mol. The third-order valence-electron chi connectivity index (χ3n) is 3.91. The molecule has 0 saturated carbocycles. The number of nitrogens with zero attached hydrogens (tertiary/aromatic N) is 1. The number of imide groups is 1. The minimum absolute atomic E-state index is 0.124. The van der Waals surface area contributed by atoms with Crippen LogP contribution in [0.5, 0.6) is 5.75 Å². The SMILES string of the molecule is C#CCOc1ccc(/C=C2\SC(=O)N(CCc3ccccc3)C2=O)cc1Cl. The van der Waals surface area contributed by atoms with Crippen LogP contribution >= 0.6 is 23.4 Å². The number of terminal acetylenes is 1. The molecule has 2 aromatic carbocycles. The number of halogens is 1. The first kappa shape index (κ1) is 19.1. The van der Waals surface area contributed by atoms with E-state index in [4.69, 9.17) is 22.8 Å². The monoisotopic (exact) mass is 397 g/mol. The summed E-state index contributed by atoms with van der Waals surface area (Å²) >= 11 is 7.10. The van der Waals surface area contributed by atoms with Gasteiger partial charge in [-0.3, -0.25) is 14.5 Å². The van der Waals surface area contributed by atoms with Gasteiger partial charge in [-0.25, -0.2) is 0 Å². The Labute approximate surface area is 167 Å². The van der Waals surface area contributed by atoms with Crippen molar-refractivity contribution in [1.82, 2.24) is 4.90 Å². The van der Waals surface area contributed by atoms with Crippen LogP contribution in [0.25, 0.3) is 6.08 Å². The van der Waals surface area contributed by atoms with E-state index in [1.807, 2.05) is 30.3 Å². The second-order valence-electron chi connectivity index (χ2n) is 5.75. The number of amides is 2. The van der Waals surface area contributed by atoms with E-state index in [1.165, 1.54) is 4.90 Å². The second kappa shape index (κ2) is 8.81. The molecule has 0 unspecified atom stereocenters. The van der Waals surface area contributed by atoms with E-state index in [0.717, 1.165) is 17.3 Å². The van der Waals surface area contributed by atoms with Crippen LogP contribution in [0.2, 0.25) is 5.02 Å². The Morgan fingerprint density at radius 3 is 2.67 bits per heavy atom. The molecule has 27 heavy (non-hydrogen) atoms. The van der Waals surface area contributed by atoms with Gasteiger partial charge in [0.2, 0.25) is 0 Å². The highest BCUT2D eigenvalue weighted by atomic mass is 35.5. The van der Waals surface area contributed by atoms with Crippen molar-refractivity contribution >= 4 is 40.6 Å². The van der Waals surface area contributed by atoms with Gasteiger partial charge in [0.1, 0.15) is 12.4 Å². The van der Waals surface area contributed by atoms with Crippen LogP contribution in [0.15, 0.2) is 53.4 Å². The van der Waals surface area contributed by atoms with Crippen LogP contribution < -0.4 is 4.74 Å². The van der Waals surface area contributed by atoms with Crippen LogP contribution in [-0.2, 0) is 11.2 Å². The summed E-state index contributed by atoms with van der Waals surface area (Å²) in [5.41, 5.74) is 1.79. The molecule has 0 bridgehead atoms. The number of rotatable bonds is 6. The Morgan fingerprint density at radius 2 is 1.96 bits per heavy atom. The van der Waals surface area contributed by atoms with Crippen LogP contribution in [0.3, 0.4) is 0 Å². The van der Waals surface area contributed by atoms with Gasteiger partial charge in [-0.1, -0.05) is 53.9 Å². The largest absolute Gasteiger partial charge is 0.479 e. The molecule has 2 amide bonds. The number of carbonyl (C=O) groups excluding carboxylic acids is 2. The predicted octanol–water partition coefficient (Wildman–Crippen LogP) is 4.63. The fourth-order valence-corrected chi connectivity index (χ4v) is 3.68. The van der Waals surface area contributed by atoms with Gasteiger partial charge in [0, 0.05) is 6.54 Å². The van der Waals surface area contributed by atoms with E-state index in [1.54, 1.807) is 24.3 Å². The maximum absolute atomic E-state index is 12.6. The number of ether oxygens (including phenoxy) is 1. The number of thioether (sulfide) groups is 1. The Morgan fingerprint density at radius 1 is 1.19 bits per heavy atom. The van der Waals surface area contributed by atoms with Crippen LogP contribution in [0.4, 0.5) is 4.79 Å². The lowest BCUT2D eigenvalue weighted by molar-refractivity contribution is -0.122. The fourth-order valence-electron chi connectivity index (χ4n) is 2.57. The van der Waals surface area contributed by atoms with E-state index in [0.29, 0.717) is 34.2 Å². The van der Waals surface area contributed by atoms with Crippen molar-refractivity contribution in [3.63, 3.8) is 0 Å². The summed E-state index contributed by atoms with van der Waals surface area (Å²) in [7, 11) is 0. The third-order valence-corrected chi connectivity index (χ3v) is 5.11. The number of benzene rings is 2. The first-order chi connectivity index (χ1) is 13.1. The molecule has 1 saturated heterocycles. The molecule has 1 aliphatic heterocycles. The molecule has 3 rings (SSSR count). The van der Waals surface area contributed by atoms with Gasteiger partial charge in [-0.05, 0) is 47.5 Å². The highest BCUT2D eigenvalue weighted by Crippen LogP contribution is 2.33. The summed E-state index contributed by atoms with van der Waals surface area (Å²) in [5, 5.41) is 0.129. The van der Waals surface area contributed by atoms with Gasteiger partial charge in [-0.2, -0.15) is 0 Å². The standard InChI is InChI=1S/C21H16ClNO3S/c1-2-12-26-18-9-8-16(13-17(18)22)14-19-20(24)23(21(25)27-19)11-10-15-6-4-3-5-7-15/h1,3-9,13-14H,10-12H2/b19-14-. The van der Waals surface area contributed by atoms with Gasteiger partial charge in [0.25, 0.3) is 11.1 Å². The molecule has 6 heteroatoms. The quantitative estimate of drug-likeness (QED) is 0.526. The molecule has 4 nitrogen and oxygen atoms in total. The lowest BCUT2D eigenvalue weighted by Gasteiger charge is -2.12. The summed E-state index contributed by atoms with van der Waals surface area (Å²) < 4.78 is 5.32. The number of hydrogen-bond donors (Lipinski definition) is 0. The molecule has 1 heterocycles. The smallest absolute Gasteiger partial charge is 0.293 e. The Bertz CT molecular complexity index is 934. The molecule has 0 radical (unpaired) electrons. The Balaban J connectivity index is 1.70. The van der Waals surface area contributed by atoms with E-state index < -0.39 is 0 Å². The topological polar surface area (TPSA) is 46.6 Å². The van der Waals surface area contributed by atoms with Crippen molar-refractivity contribution in [3.8, 4) is 18.1 Å². The second-order valence-corrected chi connectivity index (χ2v) is 7.15. The van der Waals surface area contributed by atoms with Gasteiger partial charge in [-0.15, -0.1) is 6.42 Å². The highest BCUT2D eigenvalue weighted by Gasteiger charge is 2.34. The molecular formula is C21H16ClNO3S. The Hall–Kier alpha value is -2.68. The van der Waals surface area contributed by atoms with Crippen molar-refractivity contribution in [3.05, 3.63) is 69.6 Å². The first-order valence-electron chi connectivity index (χ1n) is 8.23. The lowest BCUT2D eigenvalue weighted by atomic mass is 10.1. The highest BCUT2D eigenvalue weighted by molar-refractivity contribution is 8.18. The van der Waals surface area contributed by atoms with Crippen LogP contribution in [0, 0.1) is 12.3 Å². The summed E-state index contributed by atoms with van der Waals surface area (Å²) in [4.78, 5) is 26.4. The maximum Gasteiger partial charge on any atom is 0.293 e. The van der Waals surface area contributed by atoms with Crippen molar-refractivity contribution in [2.24, 2.45) is 0 Å². The third kappa shape index (κ3) is 4.73. The number of hydrogen-bond acceptors (Lipinski definition) is 4. The van der Waals surface area contributed by atoms with Crippen LogP contribution in [0.1, 0.15) is 11.1 Å². The van der Waals surface area contributed by atoms with Gasteiger partial charge < -0.3 is 4.74 Å². The van der Waals surface area contributed by atoms with Gasteiger partial charge >= 0.3 is 0 Å². The minimum atomic E-state index is -0.287. The summed E-state index contributed by atoms with van der Waals surface area (Å²) in [6, 6.07) is 14.9. The maximum atomic E-state index is 12.6. The molecule has 136 valence electrons. The van der Waals surface area contributed by atoms with E-state index in [9.17, 15) is 9.59 Å². The van der Waals surface area contributed by atoms with Crippen LogP contribution in [-0.4, -0.2) is 29.2 Å². The zero-order valence-corrected chi connectivity index (χ0v) is 15.9. The average molecular weight is 398 g/mol. The minimum Gasteiger partial charge on any atom is -0.479 e.